The number of fused-ring (bicyclic) bond motifs is 1. The van der Waals surface area contributed by atoms with Crippen molar-refractivity contribution in [3.8, 4) is 0 Å². The SMILES string of the molecule is O=C(Nc1cccc2n[nH]nc12)c1ccccn1. The highest BCUT2D eigenvalue weighted by Crippen LogP contribution is 2.19. The van der Waals surface area contributed by atoms with Crippen LogP contribution in [0, 0.1) is 0 Å². The minimum atomic E-state index is -0.272. The number of carbonyl (C=O) groups excluding carboxylic acids is 1. The number of anilines is 1. The molecular formula is C12H9N5O. The summed E-state index contributed by atoms with van der Waals surface area (Å²) in [5.41, 5.74) is 2.30. The summed E-state index contributed by atoms with van der Waals surface area (Å²) in [4.78, 5) is 15.9. The number of H-pyrrole nitrogens is 1. The zero-order valence-corrected chi connectivity index (χ0v) is 9.29. The van der Waals surface area contributed by atoms with Crippen molar-refractivity contribution in [2.75, 3.05) is 5.32 Å². The van der Waals surface area contributed by atoms with Crippen LogP contribution in [0.4, 0.5) is 5.69 Å². The fourth-order valence-corrected chi connectivity index (χ4v) is 1.65. The molecule has 0 aliphatic carbocycles. The van der Waals surface area contributed by atoms with Gasteiger partial charge in [-0.05, 0) is 24.3 Å². The third kappa shape index (κ3) is 1.80. The lowest BCUT2D eigenvalue weighted by Gasteiger charge is -2.04. The fraction of sp³-hybridized carbons (Fsp3) is 0. The topological polar surface area (TPSA) is 83.6 Å². The summed E-state index contributed by atoms with van der Waals surface area (Å²) in [6.45, 7) is 0. The van der Waals surface area contributed by atoms with E-state index in [9.17, 15) is 4.79 Å². The van der Waals surface area contributed by atoms with Crippen LogP contribution in [0.3, 0.4) is 0 Å². The van der Waals surface area contributed by atoms with Gasteiger partial charge in [-0.3, -0.25) is 9.78 Å². The molecule has 0 spiro atoms. The maximum Gasteiger partial charge on any atom is 0.274 e. The van der Waals surface area contributed by atoms with E-state index < -0.39 is 0 Å². The average molecular weight is 239 g/mol. The van der Waals surface area contributed by atoms with Gasteiger partial charge in [0.25, 0.3) is 5.91 Å². The molecule has 2 aromatic heterocycles. The molecule has 0 aliphatic rings. The molecule has 6 nitrogen and oxygen atoms in total. The van der Waals surface area contributed by atoms with Crippen LogP contribution in [0.15, 0.2) is 42.6 Å². The second kappa shape index (κ2) is 4.25. The number of carbonyl (C=O) groups is 1. The van der Waals surface area contributed by atoms with Crippen molar-refractivity contribution in [1.29, 1.82) is 0 Å². The van der Waals surface area contributed by atoms with Crippen LogP contribution < -0.4 is 5.32 Å². The van der Waals surface area contributed by atoms with E-state index in [1.807, 2.05) is 6.07 Å². The number of para-hydroxylation sites is 1. The van der Waals surface area contributed by atoms with Gasteiger partial charge in [-0.25, -0.2) is 0 Å². The van der Waals surface area contributed by atoms with Gasteiger partial charge in [-0.2, -0.15) is 15.4 Å². The summed E-state index contributed by atoms with van der Waals surface area (Å²) < 4.78 is 0. The lowest BCUT2D eigenvalue weighted by Crippen LogP contribution is -2.13. The van der Waals surface area contributed by atoms with Crippen LogP contribution in [0.2, 0.25) is 0 Å². The van der Waals surface area contributed by atoms with Crippen LogP contribution in [0.5, 0.6) is 0 Å². The van der Waals surface area contributed by atoms with Crippen molar-refractivity contribution in [2.45, 2.75) is 0 Å². The number of aromatic amines is 1. The Morgan fingerprint density at radius 2 is 2.06 bits per heavy atom. The minimum absolute atomic E-state index is 0.272. The fourth-order valence-electron chi connectivity index (χ4n) is 1.65. The maximum atomic E-state index is 11.9. The van der Waals surface area contributed by atoms with Gasteiger partial charge in [0.05, 0.1) is 5.69 Å². The molecule has 0 aliphatic heterocycles. The van der Waals surface area contributed by atoms with Gasteiger partial charge in [0.1, 0.15) is 16.7 Å². The molecule has 88 valence electrons. The summed E-state index contributed by atoms with van der Waals surface area (Å²) in [6, 6.07) is 10.6. The molecule has 0 saturated heterocycles. The van der Waals surface area contributed by atoms with E-state index in [-0.39, 0.29) is 5.91 Å². The lowest BCUT2D eigenvalue weighted by molar-refractivity contribution is 0.102. The van der Waals surface area contributed by atoms with E-state index in [2.05, 4.69) is 25.7 Å². The summed E-state index contributed by atoms with van der Waals surface area (Å²) in [6.07, 6.45) is 1.57. The van der Waals surface area contributed by atoms with Crippen LogP contribution >= 0.6 is 0 Å². The predicted octanol–water partition coefficient (Wildman–Crippen LogP) is 1.61. The Bertz CT molecular complexity index is 692. The van der Waals surface area contributed by atoms with Gasteiger partial charge in [0.2, 0.25) is 0 Å². The summed E-state index contributed by atoms with van der Waals surface area (Å²) in [5.74, 6) is -0.272. The first kappa shape index (κ1) is 10.4. The Hall–Kier alpha value is -2.76. The van der Waals surface area contributed by atoms with Gasteiger partial charge < -0.3 is 5.32 Å². The molecule has 0 unspecified atom stereocenters. The van der Waals surface area contributed by atoms with Crippen molar-refractivity contribution in [2.24, 2.45) is 0 Å². The number of nitrogens with zero attached hydrogens (tertiary/aromatic N) is 3. The smallest absolute Gasteiger partial charge is 0.274 e. The number of nitrogens with one attached hydrogen (secondary N) is 2. The average Bonchev–Trinajstić information content (AvgIpc) is 2.89. The number of benzene rings is 1. The van der Waals surface area contributed by atoms with Crippen molar-refractivity contribution in [1.82, 2.24) is 20.4 Å². The Kier molecular flexibility index (Phi) is 2.45. The van der Waals surface area contributed by atoms with Crippen molar-refractivity contribution in [3.05, 3.63) is 48.3 Å². The highest BCUT2D eigenvalue weighted by molar-refractivity contribution is 6.06. The second-order valence-corrected chi connectivity index (χ2v) is 3.67. The third-order valence-electron chi connectivity index (χ3n) is 2.49. The van der Waals surface area contributed by atoms with Crippen molar-refractivity contribution >= 4 is 22.6 Å². The largest absolute Gasteiger partial charge is 0.319 e. The highest BCUT2D eigenvalue weighted by Gasteiger charge is 2.10. The molecule has 1 amide bonds. The zero-order valence-electron chi connectivity index (χ0n) is 9.29. The van der Waals surface area contributed by atoms with E-state index in [1.165, 1.54) is 0 Å². The van der Waals surface area contributed by atoms with E-state index in [0.717, 1.165) is 0 Å². The van der Waals surface area contributed by atoms with Crippen molar-refractivity contribution in [3.63, 3.8) is 0 Å². The predicted molar refractivity (Wildman–Crippen MR) is 66.1 cm³/mol. The first-order chi connectivity index (χ1) is 8.84. The van der Waals surface area contributed by atoms with Crippen molar-refractivity contribution < 1.29 is 4.79 Å². The molecule has 3 rings (SSSR count). The van der Waals surface area contributed by atoms with Crippen LogP contribution in [-0.4, -0.2) is 26.3 Å². The third-order valence-corrected chi connectivity index (χ3v) is 2.49. The standard InChI is InChI=1S/C12H9N5O/c18-12(10-4-1-2-7-13-10)14-8-5-3-6-9-11(8)16-17-15-9/h1-7H,(H,14,18)(H,15,16,17). The molecule has 6 heteroatoms. The quantitative estimate of drug-likeness (QED) is 0.711. The van der Waals surface area contributed by atoms with Gasteiger partial charge in [0, 0.05) is 6.20 Å². The maximum absolute atomic E-state index is 11.9. The minimum Gasteiger partial charge on any atom is -0.319 e. The highest BCUT2D eigenvalue weighted by atomic mass is 16.1. The number of hydrogen-bond donors (Lipinski definition) is 2. The Labute approximate surface area is 102 Å². The van der Waals surface area contributed by atoms with Gasteiger partial charge in [-0.15, -0.1) is 0 Å². The van der Waals surface area contributed by atoms with Gasteiger partial charge in [-0.1, -0.05) is 12.1 Å². The van der Waals surface area contributed by atoms with Crippen LogP contribution in [0.1, 0.15) is 10.5 Å². The summed E-state index contributed by atoms with van der Waals surface area (Å²) >= 11 is 0. The lowest BCUT2D eigenvalue weighted by atomic mass is 10.2. The summed E-state index contributed by atoms with van der Waals surface area (Å²) in [7, 11) is 0. The first-order valence-electron chi connectivity index (χ1n) is 5.36. The molecule has 0 saturated carbocycles. The molecule has 2 heterocycles. The molecule has 3 aromatic rings. The molecule has 18 heavy (non-hydrogen) atoms. The van der Waals surface area contributed by atoms with Crippen LogP contribution in [0.25, 0.3) is 11.0 Å². The monoisotopic (exact) mass is 239 g/mol. The van der Waals surface area contributed by atoms with E-state index in [1.54, 1.807) is 36.5 Å². The molecule has 0 fully saturated rings. The Morgan fingerprint density at radius 1 is 1.11 bits per heavy atom. The Morgan fingerprint density at radius 3 is 2.89 bits per heavy atom. The molecule has 0 bridgehead atoms. The number of aromatic nitrogens is 4. The number of pyridine rings is 1. The molecule has 2 N–H and O–H groups in total. The van der Waals surface area contributed by atoms with Gasteiger partial charge in [0.15, 0.2) is 0 Å². The van der Waals surface area contributed by atoms with E-state index in [4.69, 9.17) is 0 Å². The number of rotatable bonds is 2. The van der Waals surface area contributed by atoms with E-state index in [0.29, 0.717) is 22.4 Å². The second-order valence-electron chi connectivity index (χ2n) is 3.67. The molecule has 1 aromatic carbocycles. The zero-order chi connectivity index (χ0) is 12.4. The first-order valence-corrected chi connectivity index (χ1v) is 5.36. The van der Waals surface area contributed by atoms with E-state index >= 15 is 0 Å². The molecular weight excluding hydrogens is 230 g/mol. The number of amides is 1. The number of hydrogen-bond acceptors (Lipinski definition) is 4. The molecule has 0 radical (unpaired) electrons. The summed E-state index contributed by atoms with van der Waals surface area (Å²) in [5, 5.41) is 13.2. The van der Waals surface area contributed by atoms with Gasteiger partial charge >= 0.3 is 0 Å². The van der Waals surface area contributed by atoms with Crippen LogP contribution in [-0.2, 0) is 0 Å². The Balaban J connectivity index is 1.93. The normalized spacial score (nSPS) is 10.4. The molecule has 0 atom stereocenters.